The van der Waals surface area contributed by atoms with Crippen LogP contribution in [-0.2, 0) is 11.2 Å². The predicted molar refractivity (Wildman–Crippen MR) is 114 cm³/mol. The van der Waals surface area contributed by atoms with Crippen molar-refractivity contribution in [1.82, 2.24) is 29.5 Å². The molecule has 10 heteroatoms. The number of aryl methyl sites for hydroxylation is 2. The van der Waals surface area contributed by atoms with Gasteiger partial charge < -0.3 is 9.80 Å². The second-order valence-corrected chi connectivity index (χ2v) is 8.10. The number of halogens is 1. The van der Waals surface area contributed by atoms with Crippen LogP contribution in [-0.4, -0.2) is 67.8 Å². The minimum absolute atomic E-state index is 0.0984. The van der Waals surface area contributed by atoms with Crippen molar-refractivity contribution in [3.63, 3.8) is 0 Å². The van der Waals surface area contributed by atoms with Crippen LogP contribution in [0.25, 0.3) is 5.78 Å². The summed E-state index contributed by atoms with van der Waals surface area (Å²) in [7, 11) is 0. The number of hydrogen-bond acceptors (Lipinski definition) is 7. The van der Waals surface area contributed by atoms with Gasteiger partial charge in [-0.3, -0.25) is 4.79 Å². The molecule has 1 aliphatic heterocycles. The van der Waals surface area contributed by atoms with Gasteiger partial charge >= 0.3 is 0 Å². The largest absolute Gasteiger partial charge is 0.353 e. The molecule has 0 radical (unpaired) electrons. The number of carbonyl (C=O) groups is 1. The highest BCUT2D eigenvalue weighted by molar-refractivity contribution is 7.98. The van der Waals surface area contributed by atoms with E-state index in [1.165, 1.54) is 11.8 Å². The summed E-state index contributed by atoms with van der Waals surface area (Å²) in [4.78, 5) is 30.3. The number of amides is 1. The van der Waals surface area contributed by atoms with E-state index in [1.807, 2.05) is 37.1 Å². The summed E-state index contributed by atoms with van der Waals surface area (Å²) in [6, 6.07) is 5.60. The summed E-state index contributed by atoms with van der Waals surface area (Å²) >= 11 is 7.47. The van der Waals surface area contributed by atoms with Gasteiger partial charge in [-0.25, -0.2) is 14.5 Å². The number of pyridine rings is 1. The van der Waals surface area contributed by atoms with E-state index in [2.05, 4.69) is 25.0 Å². The van der Waals surface area contributed by atoms with Gasteiger partial charge in [-0.05, 0) is 32.2 Å². The predicted octanol–water partition coefficient (Wildman–Crippen LogP) is 2.40. The van der Waals surface area contributed by atoms with Crippen molar-refractivity contribution in [1.29, 1.82) is 0 Å². The van der Waals surface area contributed by atoms with Crippen LogP contribution in [0.1, 0.15) is 17.0 Å². The van der Waals surface area contributed by atoms with Gasteiger partial charge in [0.2, 0.25) is 11.1 Å². The highest BCUT2D eigenvalue weighted by Crippen LogP contribution is 2.20. The zero-order valence-electron chi connectivity index (χ0n) is 16.6. The first-order chi connectivity index (χ1) is 14.0. The standard InChI is InChI=1S/C19H22ClN7OS/c1-12-14(13(2)27-18(21-12)23-19(24-27)29-3)11-17(28)26-9-7-25(8-10-26)16-6-4-5-15(20)22-16/h4-6H,7-11H2,1-3H3. The number of piperazine rings is 1. The Morgan fingerprint density at radius 1 is 1.14 bits per heavy atom. The number of carbonyl (C=O) groups excluding carboxylic acids is 1. The highest BCUT2D eigenvalue weighted by atomic mass is 35.5. The summed E-state index contributed by atoms with van der Waals surface area (Å²) < 4.78 is 1.73. The molecule has 3 aromatic rings. The van der Waals surface area contributed by atoms with E-state index < -0.39 is 0 Å². The van der Waals surface area contributed by atoms with Gasteiger partial charge in [0.1, 0.15) is 11.0 Å². The number of nitrogens with zero attached hydrogens (tertiary/aromatic N) is 7. The Bertz CT molecular complexity index is 1060. The van der Waals surface area contributed by atoms with Crippen LogP contribution in [0.5, 0.6) is 0 Å². The molecule has 1 amide bonds. The first-order valence-electron chi connectivity index (χ1n) is 9.38. The van der Waals surface area contributed by atoms with Crippen LogP contribution >= 0.6 is 23.4 Å². The van der Waals surface area contributed by atoms with Crippen LogP contribution in [0.15, 0.2) is 23.4 Å². The van der Waals surface area contributed by atoms with Gasteiger partial charge in [0, 0.05) is 43.1 Å². The Morgan fingerprint density at radius 2 is 1.90 bits per heavy atom. The van der Waals surface area contributed by atoms with E-state index in [4.69, 9.17) is 11.6 Å². The molecule has 1 fully saturated rings. The van der Waals surface area contributed by atoms with E-state index >= 15 is 0 Å². The molecule has 4 rings (SSSR count). The number of fused-ring (bicyclic) bond motifs is 1. The lowest BCUT2D eigenvalue weighted by Gasteiger charge is -2.35. The minimum Gasteiger partial charge on any atom is -0.353 e. The number of rotatable bonds is 4. The Labute approximate surface area is 178 Å². The highest BCUT2D eigenvalue weighted by Gasteiger charge is 2.24. The zero-order valence-corrected chi connectivity index (χ0v) is 18.2. The van der Waals surface area contributed by atoms with Crippen molar-refractivity contribution in [3.05, 3.63) is 40.3 Å². The second kappa shape index (κ2) is 8.16. The molecule has 4 heterocycles. The molecule has 1 aliphatic rings. The molecule has 0 N–H and O–H groups in total. The van der Waals surface area contributed by atoms with Crippen molar-refractivity contribution in [2.75, 3.05) is 37.3 Å². The van der Waals surface area contributed by atoms with Gasteiger partial charge in [0.15, 0.2) is 0 Å². The third kappa shape index (κ3) is 4.02. The van der Waals surface area contributed by atoms with Crippen LogP contribution in [0.2, 0.25) is 5.15 Å². The smallest absolute Gasteiger partial charge is 0.253 e. The number of aromatic nitrogens is 5. The molecular formula is C19H22ClN7OS. The lowest BCUT2D eigenvalue weighted by molar-refractivity contribution is -0.130. The molecule has 0 saturated carbocycles. The first-order valence-corrected chi connectivity index (χ1v) is 11.0. The lowest BCUT2D eigenvalue weighted by Crippen LogP contribution is -2.49. The maximum atomic E-state index is 13.0. The Hall–Kier alpha value is -2.39. The van der Waals surface area contributed by atoms with Gasteiger partial charge in [0.05, 0.1) is 6.42 Å². The van der Waals surface area contributed by atoms with E-state index in [0.717, 1.165) is 35.9 Å². The Balaban J connectivity index is 1.46. The number of anilines is 1. The summed E-state index contributed by atoms with van der Waals surface area (Å²) in [6.45, 7) is 6.65. The van der Waals surface area contributed by atoms with Crippen molar-refractivity contribution in [2.45, 2.75) is 25.4 Å². The zero-order chi connectivity index (χ0) is 20.5. The molecule has 152 valence electrons. The van der Waals surface area contributed by atoms with E-state index in [9.17, 15) is 4.79 Å². The van der Waals surface area contributed by atoms with E-state index in [-0.39, 0.29) is 5.91 Å². The third-order valence-electron chi connectivity index (χ3n) is 5.20. The van der Waals surface area contributed by atoms with Crippen molar-refractivity contribution in [2.24, 2.45) is 0 Å². The van der Waals surface area contributed by atoms with Gasteiger partial charge in [-0.1, -0.05) is 29.4 Å². The van der Waals surface area contributed by atoms with E-state index in [1.54, 1.807) is 10.6 Å². The lowest BCUT2D eigenvalue weighted by atomic mass is 10.1. The molecule has 3 aromatic heterocycles. The maximum Gasteiger partial charge on any atom is 0.253 e. The quantitative estimate of drug-likeness (QED) is 0.463. The Morgan fingerprint density at radius 3 is 2.59 bits per heavy atom. The van der Waals surface area contributed by atoms with Crippen LogP contribution in [0.4, 0.5) is 5.82 Å². The topological polar surface area (TPSA) is 79.5 Å². The normalized spacial score (nSPS) is 14.6. The average molecular weight is 432 g/mol. The maximum absolute atomic E-state index is 13.0. The van der Waals surface area contributed by atoms with Crippen molar-refractivity contribution < 1.29 is 4.79 Å². The summed E-state index contributed by atoms with van der Waals surface area (Å²) in [5, 5.41) is 5.61. The van der Waals surface area contributed by atoms with Gasteiger partial charge in [-0.2, -0.15) is 4.98 Å². The molecular weight excluding hydrogens is 410 g/mol. The first kappa shape index (κ1) is 19.9. The average Bonchev–Trinajstić information content (AvgIpc) is 3.14. The van der Waals surface area contributed by atoms with E-state index in [0.29, 0.717) is 35.6 Å². The van der Waals surface area contributed by atoms with Crippen molar-refractivity contribution >= 4 is 40.9 Å². The van der Waals surface area contributed by atoms with Crippen molar-refractivity contribution in [3.8, 4) is 0 Å². The molecule has 0 atom stereocenters. The van der Waals surface area contributed by atoms with Crippen LogP contribution in [0, 0.1) is 13.8 Å². The molecule has 0 aromatic carbocycles. The fourth-order valence-electron chi connectivity index (χ4n) is 3.55. The third-order valence-corrected chi connectivity index (χ3v) is 5.95. The van der Waals surface area contributed by atoms with Gasteiger partial charge in [-0.15, -0.1) is 5.10 Å². The molecule has 0 aliphatic carbocycles. The number of thioether (sulfide) groups is 1. The fraction of sp³-hybridized carbons (Fsp3) is 0.421. The molecule has 0 unspecified atom stereocenters. The molecule has 0 spiro atoms. The number of hydrogen-bond donors (Lipinski definition) is 0. The summed E-state index contributed by atoms with van der Waals surface area (Å²) in [5.74, 6) is 1.52. The van der Waals surface area contributed by atoms with Gasteiger partial charge in [0.25, 0.3) is 5.78 Å². The molecule has 29 heavy (non-hydrogen) atoms. The minimum atomic E-state index is 0.0984. The SMILES string of the molecule is CSc1nc2nc(C)c(CC(=O)N3CCN(c4cccc(Cl)n4)CC3)c(C)n2n1. The molecule has 0 bridgehead atoms. The second-order valence-electron chi connectivity index (χ2n) is 6.93. The fourth-order valence-corrected chi connectivity index (χ4v) is 4.05. The van der Waals surface area contributed by atoms with Crippen LogP contribution in [0.3, 0.4) is 0 Å². The summed E-state index contributed by atoms with van der Waals surface area (Å²) in [5.41, 5.74) is 2.65. The molecule has 8 nitrogen and oxygen atoms in total. The van der Waals surface area contributed by atoms with Crippen LogP contribution < -0.4 is 4.90 Å². The molecule has 1 saturated heterocycles. The monoisotopic (exact) mass is 431 g/mol. The summed E-state index contributed by atoms with van der Waals surface area (Å²) in [6.07, 6.45) is 2.24. The Kier molecular flexibility index (Phi) is 5.60.